The number of carbonyl (C=O) groups is 2. The molecule has 0 aromatic heterocycles. The van der Waals surface area contributed by atoms with E-state index in [-0.39, 0.29) is 79.3 Å². The fraction of sp³-hybridized carbons (Fsp3) is 0.256. The van der Waals surface area contributed by atoms with Gasteiger partial charge in [-0.2, -0.15) is 0 Å². The summed E-state index contributed by atoms with van der Waals surface area (Å²) >= 11 is 0. The highest BCUT2D eigenvalue weighted by atomic mass is 16.6. The van der Waals surface area contributed by atoms with Crippen LogP contribution < -0.4 is 0 Å². The number of rotatable bonds is 32. The fourth-order valence-corrected chi connectivity index (χ4v) is 12.9. The van der Waals surface area contributed by atoms with Crippen LogP contribution >= 0.6 is 0 Å². The van der Waals surface area contributed by atoms with Gasteiger partial charge >= 0.3 is 12.2 Å². The standard InChI is InChI=1S/C86H86N2O12/c89-85(99-61-73-47-27-9-28-48-73)87-75(79(93-55-67-35-15-3-16-36-67)83(97-59-71-43-23-7-24-44-71)81(95-57-69-39-19-5-20-40-69)77(87)63-91-53-65-31-11-1-12-32-65)51-52-76-80(94-56-68-37-17-4-18-38-68)84(98-60-72-45-25-8-26-46-72)82(96-58-70-41-21-6-22-42-70)78(64-92-54-66-33-13-2-14-34-66)88(76)86(90)100-62-74-49-29-10-30-50-74/h1-52,75-84H,53-64H2/b52-51+/t75-,76-,77-,78-,79+,80+,81-,82-,83-,84-/m1/s1. The maximum atomic E-state index is 16.2. The summed E-state index contributed by atoms with van der Waals surface area (Å²) in [6.07, 6.45) is -3.13. The minimum absolute atomic E-state index is 0.0312. The zero-order valence-corrected chi connectivity index (χ0v) is 56.1. The number of benzene rings is 10. The number of hydrogen-bond acceptors (Lipinski definition) is 12. The fourth-order valence-electron chi connectivity index (χ4n) is 12.9. The summed E-state index contributed by atoms with van der Waals surface area (Å²) in [7, 11) is 0. The monoisotopic (exact) mass is 1340 g/mol. The van der Waals surface area contributed by atoms with E-state index in [0.717, 1.165) is 55.6 Å². The van der Waals surface area contributed by atoms with E-state index in [1.807, 2.05) is 315 Å². The molecule has 0 N–H and O–H groups in total. The second-order valence-corrected chi connectivity index (χ2v) is 25.0. The number of hydrogen-bond donors (Lipinski definition) is 0. The van der Waals surface area contributed by atoms with E-state index >= 15 is 9.59 Å². The number of amides is 2. The van der Waals surface area contributed by atoms with Crippen LogP contribution in [0.15, 0.2) is 315 Å². The van der Waals surface area contributed by atoms with Crippen molar-refractivity contribution in [2.45, 2.75) is 127 Å². The minimum atomic E-state index is -1.06. The Morgan fingerprint density at radius 3 is 0.660 bits per heavy atom. The van der Waals surface area contributed by atoms with Gasteiger partial charge in [-0.05, 0) is 55.6 Å². The van der Waals surface area contributed by atoms with Crippen LogP contribution in [-0.2, 0) is 113 Å². The number of nitrogens with zero attached hydrogens (tertiary/aromatic N) is 2. The average molecular weight is 1340 g/mol. The lowest BCUT2D eigenvalue weighted by molar-refractivity contribution is -0.218. The van der Waals surface area contributed by atoms with Crippen LogP contribution in [0.5, 0.6) is 0 Å². The van der Waals surface area contributed by atoms with Gasteiger partial charge in [0.1, 0.15) is 49.8 Å². The molecular formula is C86H86N2O12. The van der Waals surface area contributed by atoms with Gasteiger partial charge in [-0.15, -0.1) is 0 Å². The van der Waals surface area contributed by atoms with Gasteiger partial charge in [0.2, 0.25) is 0 Å². The largest absolute Gasteiger partial charge is 0.445 e. The summed E-state index contributed by atoms with van der Waals surface area (Å²) in [4.78, 5) is 35.8. The summed E-state index contributed by atoms with van der Waals surface area (Å²) in [6.45, 7) is 1.08. The zero-order valence-electron chi connectivity index (χ0n) is 56.1. The molecule has 512 valence electrons. The molecule has 10 atom stereocenters. The van der Waals surface area contributed by atoms with Crippen molar-refractivity contribution in [1.29, 1.82) is 0 Å². The van der Waals surface area contributed by atoms with E-state index in [4.69, 9.17) is 47.4 Å². The molecule has 10 aromatic rings. The normalized spacial score (nSPS) is 20.6. The molecule has 100 heavy (non-hydrogen) atoms. The zero-order chi connectivity index (χ0) is 68.2. The van der Waals surface area contributed by atoms with Gasteiger partial charge in [-0.3, -0.25) is 9.80 Å². The first kappa shape index (κ1) is 70.0. The predicted octanol–water partition coefficient (Wildman–Crippen LogP) is 16.3. The van der Waals surface area contributed by atoms with Crippen molar-refractivity contribution in [2.75, 3.05) is 13.2 Å². The molecule has 2 heterocycles. The third-order valence-electron chi connectivity index (χ3n) is 17.9. The molecule has 2 saturated heterocycles. The summed E-state index contributed by atoms with van der Waals surface area (Å²) < 4.78 is 71.0. The maximum absolute atomic E-state index is 16.2. The quantitative estimate of drug-likeness (QED) is 0.0372. The lowest BCUT2D eigenvalue weighted by atomic mass is 9.84. The van der Waals surface area contributed by atoms with Crippen molar-refractivity contribution in [2.24, 2.45) is 0 Å². The first-order chi connectivity index (χ1) is 49.5. The van der Waals surface area contributed by atoms with Gasteiger partial charge in [0.25, 0.3) is 0 Å². The van der Waals surface area contributed by atoms with Gasteiger partial charge in [-0.25, -0.2) is 9.59 Å². The molecular weight excluding hydrogens is 1250 g/mol. The lowest BCUT2D eigenvalue weighted by Gasteiger charge is -2.53. The van der Waals surface area contributed by atoms with E-state index in [2.05, 4.69) is 0 Å². The molecule has 2 aliphatic heterocycles. The van der Waals surface area contributed by atoms with Crippen molar-refractivity contribution in [3.63, 3.8) is 0 Å². The van der Waals surface area contributed by atoms with Gasteiger partial charge in [0.15, 0.2) is 0 Å². The Bertz CT molecular complexity index is 3730. The number of piperidine rings is 2. The Kier molecular flexibility index (Phi) is 26.2. The molecule has 2 amide bonds. The van der Waals surface area contributed by atoms with Gasteiger partial charge in [0, 0.05) is 0 Å². The van der Waals surface area contributed by atoms with Crippen LogP contribution in [0.1, 0.15) is 55.6 Å². The van der Waals surface area contributed by atoms with Gasteiger partial charge in [0.05, 0.1) is 90.2 Å². The Hall–Kier alpha value is -9.84. The Morgan fingerprint density at radius 1 is 0.240 bits per heavy atom. The molecule has 14 nitrogen and oxygen atoms in total. The summed E-state index contributed by atoms with van der Waals surface area (Å²) in [5.74, 6) is 0. The number of likely N-dealkylation sites (tertiary alicyclic amines) is 2. The highest BCUT2D eigenvalue weighted by Crippen LogP contribution is 2.39. The summed E-state index contributed by atoms with van der Waals surface area (Å²) in [6, 6.07) is 94.7. The van der Waals surface area contributed by atoms with Crippen molar-refractivity contribution >= 4 is 12.2 Å². The molecule has 0 radical (unpaired) electrons. The molecule has 0 bridgehead atoms. The van der Waals surface area contributed by atoms with E-state index in [0.29, 0.717) is 0 Å². The smallest absolute Gasteiger partial charge is 0.411 e. The first-order valence-corrected chi connectivity index (χ1v) is 34.3. The van der Waals surface area contributed by atoms with Crippen molar-refractivity contribution in [1.82, 2.24) is 9.80 Å². The Balaban J connectivity index is 1.06. The third-order valence-corrected chi connectivity index (χ3v) is 17.9. The first-order valence-electron chi connectivity index (χ1n) is 34.3. The molecule has 0 unspecified atom stereocenters. The highest BCUT2D eigenvalue weighted by Gasteiger charge is 2.56. The molecule has 2 fully saturated rings. The second kappa shape index (κ2) is 37.4. The molecule has 0 aliphatic carbocycles. The van der Waals surface area contributed by atoms with Crippen LogP contribution in [0, 0.1) is 0 Å². The van der Waals surface area contributed by atoms with E-state index in [1.165, 1.54) is 0 Å². The average Bonchev–Trinajstić information content (AvgIpc) is 0.756. The third kappa shape index (κ3) is 20.0. The maximum Gasteiger partial charge on any atom is 0.411 e. The molecule has 14 heteroatoms. The van der Waals surface area contributed by atoms with Gasteiger partial charge in [-0.1, -0.05) is 315 Å². The van der Waals surface area contributed by atoms with Crippen molar-refractivity contribution in [3.05, 3.63) is 371 Å². The van der Waals surface area contributed by atoms with Gasteiger partial charge < -0.3 is 47.4 Å². The summed E-state index contributed by atoms with van der Waals surface area (Å²) in [5.41, 5.74) is 8.85. The molecule has 10 aromatic carbocycles. The van der Waals surface area contributed by atoms with Crippen LogP contribution in [0.3, 0.4) is 0 Å². The summed E-state index contributed by atoms with van der Waals surface area (Å²) in [5, 5.41) is 0. The number of ether oxygens (including phenoxy) is 10. The number of carbonyl (C=O) groups excluding carboxylic acids is 2. The minimum Gasteiger partial charge on any atom is -0.445 e. The second-order valence-electron chi connectivity index (χ2n) is 25.0. The highest BCUT2D eigenvalue weighted by molar-refractivity contribution is 5.71. The molecule has 0 spiro atoms. The topological polar surface area (TPSA) is 133 Å². The Labute approximate surface area is 587 Å². The Morgan fingerprint density at radius 2 is 0.430 bits per heavy atom. The van der Waals surface area contributed by atoms with Crippen LogP contribution in [0.4, 0.5) is 9.59 Å². The van der Waals surface area contributed by atoms with E-state index in [1.54, 1.807) is 9.80 Å². The predicted molar refractivity (Wildman–Crippen MR) is 384 cm³/mol. The van der Waals surface area contributed by atoms with E-state index < -0.39 is 73.0 Å². The van der Waals surface area contributed by atoms with Crippen LogP contribution in [0.25, 0.3) is 0 Å². The molecule has 12 rings (SSSR count). The van der Waals surface area contributed by atoms with Crippen molar-refractivity contribution in [3.8, 4) is 0 Å². The van der Waals surface area contributed by atoms with Crippen molar-refractivity contribution < 1.29 is 57.0 Å². The molecule has 0 saturated carbocycles. The molecule has 2 aliphatic rings. The van der Waals surface area contributed by atoms with Crippen LogP contribution in [-0.4, -0.2) is 96.0 Å². The lowest BCUT2D eigenvalue weighted by Crippen LogP contribution is -2.71. The van der Waals surface area contributed by atoms with E-state index in [9.17, 15) is 0 Å². The SMILES string of the molecule is O=C(OCc1ccccc1)N1[C@H](/C=C/[C@@H]2[C@H](OCc3ccccc3)[C@@H](OCc3ccccc3)[C@H](OCc3ccccc3)[C@@H](COCc3ccccc3)N2C(=O)OCc2ccccc2)[C@H](OCc2ccccc2)[C@@H](OCc2ccccc2)[C@H](OCc2ccccc2)[C@H]1COCc1ccccc1. The van der Waals surface area contributed by atoms with Crippen LogP contribution in [0.2, 0.25) is 0 Å².